The largest absolute Gasteiger partial charge is 0.444 e. The summed E-state index contributed by atoms with van der Waals surface area (Å²) in [5.74, 6) is 1.13. The lowest BCUT2D eigenvalue weighted by Crippen LogP contribution is -2.30. The predicted octanol–water partition coefficient (Wildman–Crippen LogP) is 3.40. The van der Waals surface area contributed by atoms with E-state index >= 15 is 0 Å². The monoisotopic (exact) mass is 368 g/mol. The summed E-state index contributed by atoms with van der Waals surface area (Å²) in [7, 11) is 0. The fourth-order valence-corrected chi connectivity index (χ4v) is 3.40. The zero-order chi connectivity index (χ0) is 19.1. The Balaban J connectivity index is 1.53. The van der Waals surface area contributed by atoms with Crippen molar-refractivity contribution < 1.29 is 13.6 Å². The van der Waals surface area contributed by atoms with Crippen LogP contribution in [-0.4, -0.2) is 25.6 Å². The van der Waals surface area contributed by atoms with Crippen LogP contribution in [0.15, 0.2) is 28.7 Å². The second kappa shape index (κ2) is 6.64. The Morgan fingerprint density at radius 3 is 2.78 bits per heavy atom. The number of amides is 1. The molecule has 0 unspecified atom stereocenters. The van der Waals surface area contributed by atoms with E-state index in [-0.39, 0.29) is 18.3 Å². The molecule has 0 bridgehead atoms. The molecule has 0 saturated heterocycles. The molecule has 0 spiro atoms. The number of aromatic nitrogens is 3. The Bertz CT molecular complexity index is 998. The minimum atomic E-state index is -0.237. The average Bonchev–Trinajstić information content (AvgIpc) is 3.29. The van der Waals surface area contributed by atoms with Crippen LogP contribution in [0.25, 0.3) is 11.3 Å². The number of benzene rings is 1. The van der Waals surface area contributed by atoms with Gasteiger partial charge in [-0.1, -0.05) is 6.92 Å². The number of hydrogen-bond donors (Lipinski definition) is 0. The van der Waals surface area contributed by atoms with Gasteiger partial charge in [0.2, 0.25) is 5.91 Å². The number of nitrogens with zero attached hydrogens (tertiary/aromatic N) is 4. The summed E-state index contributed by atoms with van der Waals surface area (Å²) in [5, 5.41) is 4.59. The van der Waals surface area contributed by atoms with Crippen LogP contribution >= 0.6 is 0 Å². The molecule has 0 aliphatic carbocycles. The van der Waals surface area contributed by atoms with Gasteiger partial charge < -0.3 is 9.32 Å². The summed E-state index contributed by atoms with van der Waals surface area (Å²) in [6, 6.07) is 6.89. The molecule has 0 saturated carbocycles. The van der Waals surface area contributed by atoms with E-state index in [9.17, 15) is 9.18 Å². The quantitative estimate of drug-likeness (QED) is 0.708. The number of oxazole rings is 1. The molecule has 0 N–H and O–H groups in total. The molecule has 27 heavy (non-hydrogen) atoms. The van der Waals surface area contributed by atoms with Crippen LogP contribution < -0.4 is 0 Å². The number of hydrogen-bond acceptors (Lipinski definition) is 4. The zero-order valence-electron chi connectivity index (χ0n) is 15.6. The van der Waals surface area contributed by atoms with Gasteiger partial charge in [-0.2, -0.15) is 5.10 Å². The number of aryl methyl sites for hydroxylation is 3. The molecule has 4 rings (SSSR count). The molecule has 1 aromatic carbocycles. The normalized spacial score (nSPS) is 13.3. The van der Waals surface area contributed by atoms with Crippen molar-refractivity contribution in [2.24, 2.45) is 0 Å². The molecule has 0 fully saturated rings. The van der Waals surface area contributed by atoms with Crippen molar-refractivity contribution in [3.05, 3.63) is 58.7 Å². The Kier molecular flexibility index (Phi) is 4.30. The molecule has 0 atom stereocenters. The Morgan fingerprint density at radius 1 is 1.26 bits per heavy atom. The highest BCUT2D eigenvalue weighted by Crippen LogP contribution is 2.25. The minimum absolute atomic E-state index is 0.0273. The highest BCUT2D eigenvalue weighted by molar-refractivity contribution is 5.76. The number of carbonyl (C=O) groups excluding carboxylic acids is 1. The SMILES string of the molecule is CCc1cc(-c2ccc(F)c(C)c2)nn1CC(=O)N1Cc2nc(C)oc2C1. The lowest BCUT2D eigenvalue weighted by atomic mass is 10.1. The number of halogens is 1. The van der Waals surface area contributed by atoms with E-state index < -0.39 is 0 Å². The molecule has 2 aromatic heterocycles. The van der Waals surface area contributed by atoms with E-state index in [1.807, 2.05) is 13.0 Å². The van der Waals surface area contributed by atoms with Crippen LogP contribution in [-0.2, 0) is 30.8 Å². The standard InChI is InChI=1S/C20H21FN4O2/c1-4-15-8-17(14-5-6-16(21)12(2)7-14)23-25(15)11-20(26)24-9-18-19(10-24)27-13(3)22-18/h5-8H,4,9-11H2,1-3H3. The Hall–Kier alpha value is -2.96. The first-order chi connectivity index (χ1) is 12.9. The van der Waals surface area contributed by atoms with Crippen molar-refractivity contribution in [1.82, 2.24) is 19.7 Å². The summed E-state index contributed by atoms with van der Waals surface area (Å²) in [6.07, 6.45) is 0.752. The fraction of sp³-hybridized carbons (Fsp3) is 0.350. The van der Waals surface area contributed by atoms with Crippen molar-refractivity contribution in [3.8, 4) is 11.3 Å². The lowest BCUT2D eigenvalue weighted by Gasteiger charge is -2.15. The van der Waals surface area contributed by atoms with E-state index in [4.69, 9.17) is 4.42 Å². The molecular weight excluding hydrogens is 347 g/mol. The van der Waals surface area contributed by atoms with Crippen molar-refractivity contribution in [2.45, 2.75) is 46.8 Å². The average molecular weight is 368 g/mol. The van der Waals surface area contributed by atoms with Crippen LogP contribution in [0, 0.1) is 19.7 Å². The van der Waals surface area contributed by atoms with Gasteiger partial charge >= 0.3 is 0 Å². The number of rotatable bonds is 4. The van der Waals surface area contributed by atoms with E-state index in [2.05, 4.69) is 10.1 Å². The minimum Gasteiger partial charge on any atom is -0.444 e. The first-order valence-corrected chi connectivity index (χ1v) is 9.00. The van der Waals surface area contributed by atoms with Gasteiger partial charge in [0.15, 0.2) is 5.89 Å². The first kappa shape index (κ1) is 17.5. The zero-order valence-corrected chi connectivity index (χ0v) is 15.6. The highest BCUT2D eigenvalue weighted by atomic mass is 19.1. The molecule has 7 heteroatoms. The third kappa shape index (κ3) is 3.25. The van der Waals surface area contributed by atoms with Gasteiger partial charge in [0.25, 0.3) is 0 Å². The maximum Gasteiger partial charge on any atom is 0.245 e. The van der Waals surface area contributed by atoms with Gasteiger partial charge in [0.05, 0.1) is 18.8 Å². The van der Waals surface area contributed by atoms with Crippen LogP contribution in [0.1, 0.15) is 35.5 Å². The third-order valence-corrected chi connectivity index (χ3v) is 4.88. The maximum absolute atomic E-state index is 13.5. The Labute approximate surface area is 156 Å². The lowest BCUT2D eigenvalue weighted by molar-refractivity contribution is -0.132. The van der Waals surface area contributed by atoms with Crippen LogP contribution in [0.5, 0.6) is 0 Å². The van der Waals surface area contributed by atoms with E-state index in [0.29, 0.717) is 24.5 Å². The van der Waals surface area contributed by atoms with E-state index in [0.717, 1.165) is 34.8 Å². The van der Waals surface area contributed by atoms with Gasteiger partial charge in [-0.3, -0.25) is 9.48 Å². The summed E-state index contributed by atoms with van der Waals surface area (Å²) in [4.78, 5) is 18.8. The highest BCUT2D eigenvalue weighted by Gasteiger charge is 2.28. The van der Waals surface area contributed by atoms with Crippen LogP contribution in [0.2, 0.25) is 0 Å². The molecule has 1 amide bonds. The van der Waals surface area contributed by atoms with Gasteiger partial charge in [0, 0.05) is 18.2 Å². The second-order valence-electron chi connectivity index (χ2n) is 6.85. The van der Waals surface area contributed by atoms with Gasteiger partial charge in [-0.25, -0.2) is 9.37 Å². The molecule has 140 valence electrons. The third-order valence-electron chi connectivity index (χ3n) is 4.88. The summed E-state index contributed by atoms with van der Waals surface area (Å²) in [6.45, 7) is 6.63. The molecular formula is C20H21FN4O2. The number of carbonyl (C=O) groups is 1. The predicted molar refractivity (Wildman–Crippen MR) is 97.2 cm³/mol. The molecule has 1 aliphatic rings. The Morgan fingerprint density at radius 2 is 2.07 bits per heavy atom. The molecule has 3 aromatic rings. The van der Waals surface area contributed by atoms with Crippen molar-refractivity contribution in [2.75, 3.05) is 0 Å². The first-order valence-electron chi connectivity index (χ1n) is 9.00. The van der Waals surface area contributed by atoms with Crippen molar-refractivity contribution in [1.29, 1.82) is 0 Å². The van der Waals surface area contributed by atoms with Crippen LogP contribution in [0.3, 0.4) is 0 Å². The summed E-state index contributed by atoms with van der Waals surface area (Å²) < 4.78 is 20.8. The fourth-order valence-electron chi connectivity index (χ4n) is 3.40. The van der Waals surface area contributed by atoms with E-state index in [1.54, 1.807) is 35.6 Å². The maximum atomic E-state index is 13.5. The molecule has 6 nitrogen and oxygen atoms in total. The van der Waals surface area contributed by atoms with Crippen LogP contribution in [0.4, 0.5) is 4.39 Å². The van der Waals surface area contributed by atoms with Crippen molar-refractivity contribution in [3.63, 3.8) is 0 Å². The summed E-state index contributed by atoms with van der Waals surface area (Å²) in [5.41, 5.74) is 3.96. The van der Waals surface area contributed by atoms with Crippen molar-refractivity contribution >= 4 is 5.91 Å². The molecule has 1 aliphatic heterocycles. The molecule has 3 heterocycles. The summed E-state index contributed by atoms with van der Waals surface area (Å²) >= 11 is 0. The smallest absolute Gasteiger partial charge is 0.245 e. The number of fused-ring (bicyclic) bond motifs is 1. The van der Waals surface area contributed by atoms with Gasteiger partial charge in [-0.15, -0.1) is 0 Å². The van der Waals surface area contributed by atoms with E-state index in [1.165, 1.54) is 6.07 Å². The van der Waals surface area contributed by atoms with Gasteiger partial charge in [0.1, 0.15) is 23.8 Å². The topological polar surface area (TPSA) is 64.2 Å². The molecule has 0 radical (unpaired) electrons. The second-order valence-corrected chi connectivity index (χ2v) is 6.85. The van der Waals surface area contributed by atoms with Gasteiger partial charge in [-0.05, 0) is 43.2 Å².